The highest BCUT2D eigenvalue weighted by atomic mass is 16.7. The average molecular weight is 174 g/mol. The summed E-state index contributed by atoms with van der Waals surface area (Å²) in [6.45, 7) is 6.71. The van der Waals surface area contributed by atoms with Crippen molar-refractivity contribution in [3.8, 4) is 0 Å². The first-order valence-electron chi connectivity index (χ1n) is 4.30. The molecule has 0 saturated heterocycles. The van der Waals surface area contributed by atoms with Crippen molar-refractivity contribution < 1.29 is 14.6 Å². The predicted molar refractivity (Wildman–Crippen MR) is 47.9 cm³/mol. The standard InChI is InChI=1S/C9H18O3/c1-4-11-9(12-5-2)7-6-8(3)10/h6-10H,4-5H2,1-3H3. The van der Waals surface area contributed by atoms with E-state index in [1.807, 2.05) is 13.8 Å². The molecule has 0 spiro atoms. The first kappa shape index (κ1) is 11.6. The lowest BCUT2D eigenvalue weighted by molar-refractivity contribution is -0.104. The number of hydrogen-bond donors (Lipinski definition) is 1. The highest BCUT2D eigenvalue weighted by Gasteiger charge is 2.01. The molecule has 12 heavy (non-hydrogen) atoms. The van der Waals surface area contributed by atoms with Gasteiger partial charge in [0.15, 0.2) is 6.29 Å². The number of rotatable bonds is 6. The molecule has 1 atom stereocenters. The number of aliphatic hydroxyl groups is 1. The molecule has 0 saturated carbocycles. The Morgan fingerprint density at radius 2 is 1.67 bits per heavy atom. The van der Waals surface area contributed by atoms with Gasteiger partial charge in [0, 0.05) is 13.2 Å². The first-order chi connectivity index (χ1) is 5.70. The lowest BCUT2D eigenvalue weighted by Crippen LogP contribution is -2.14. The summed E-state index contributed by atoms with van der Waals surface area (Å²) in [4.78, 5) is 0. The molecular formula is C9H18O3. The Kier molecular flexibility index (Phi) is 7.05. The second-order valence-electron chi connectivity index (χ2n) is 2.40. The normalized spacial score (nSPS) is 14.4. The zero-order chi connectivity index (χ0) is 9.40. The molecule has 0 fully saturated rings. The molecule has 0 bridgehead atoms. The summed E-state index contributed by atoms with van der Waals surface area (Å²) in [6.07, 6.45) is 2.59. The van der Waals surface area contributed by atoms with Crippen molar-refractivity contribution in [3.63, 3.8) is 0 Å². The lowest BCUT2D eigenvalue weighted by atomic mass is 10.3. The van der Waals surface area contributed by atoms with E-state index >= 15 is 0 Å². The molecule has 0 aromatic heterocycles. The van der Waals surface area contributed by atoms with Gasteiger partial charge in [0.1, 0.15) is 0 Å². The van der Waals surface area contributed by atoms with Gasteiger partial charge in [-0.25, -0.2) is 0 Å². The molecule has 0 aliphatic carbocycles. The third-order valence-corrected chi connectivity index (χ3v) is 1.21. The molecular weight excluding hydrogens is 156 g/mol. The third kappa shape index (κ3) is 6.34. The van der Waals surface area contributed by atoms with Crippen molar-refractivity contribution >= 4 is 0 Å². The highest BCUT2D eigenvalue weighted by Crippen LogP contribution is 1.98. The van der Waals surface area contributed by atoms with Crippen molar-refractivity contribution in [2.45, 2.75) is 33.2 Å². The van der Waals surface area contributed by atoms with Gasteiger partial charge in [0.25, 0.3) is 0 Å². The minimum absolute atomic E-state index is 0.324. The second-order valence-corrected chi connectivity index (χ2v) is 2.40. The molecule has 0 rings (SSSR count). The van der Waals surface area contributed by atoms with Gasteiger partial charge in [0.05, 0.1) is 6.10 Å². The van der Waals surface area contributed by atoms with Crippen LogP contribution in [0, 0.1) is 0 Å². The van der Waals surface area contributed by atoms with Crippen molar-refractivity contribution in [2.75, 3.05) is 13.2 Å². The van der Waals surface area contributed by atoms with Gasteiger partial charge in [-0.3, -0.25) is 0 Å². The topological polar surface area (TPSA) is 38.7 Å². The van der Waals surface area contributed by atoms with Gasteiger partial charge < -0.3 is 14.6 Å². The zero-order valence-corrected chi connectivity index (χ0v) is 7.99. The van der Waals surface area contributed by atoms with E-state index in [4.69, 9.17) is 14.6 Å². The molecule has 0 aliphatic rings. The fourth-order valence-electron chi connectivity index (χ4n) is 0.739. The van der Waals surface area contributed by atoms with Gasteiger partial charge in [0.2, 0.25) is 0 Å². The van der Waals surface area contributed by atoms with E-state index in [-0.39, 0.29) is 6.29 Å². The van der Waals surface area contributed by atoms with Crippen LogP contribution in [0.25, 0.3) is 0 Å². The zero-order valence-electron chi connectivity index (χ0n) is 7.99. The molecule has 1 N–H and O–H groups in total. The average Bonchev–Trinajstić information content (AvgIpc) is 2.01. The van der Waals surface area contributed by atoms with E-state index in [1.54, 1.807) is 19.1 Å². The van der Waals surface area contributed by atoms with Crippen molar-refractivity contribution in [2.24, 2.45) is 0 Å². The summed E-state index contributed by atoms with van der Waals surface area (Å²) in [5.74, 6) is 0. The summed E-state index contributed by atoms with van der Waals surface area (Å²) >= 11 is 0. The van der Waals surface area contributed by atoms with E-state index < -0.39 is 6.10 Å². The molecule has 3 nitrogen and oxygen atoms in total. The van der Waals surface area contributed by atoms with E-state index in [9.17, 15) is 0 Å². The van der Waals surface area contributed by atoms with Crippen LogP contribution in [0.2, 0.25) is 0 Å². The SMILES string of the molecule is CCOC(C=CC(C)O)OCC. The van der Waals surface area contributed by atoms with Gasteiger partial charge >= 0.3 is 0 Å². The quantitative estimate of drug-likeness (QED) is 0.487. The number of hydrogen-bond acceptors (Lipinski definition) is 3. The molecule has 1 unspecified atom stereocenters. The fraction of sp³-hybridized carbons (Fsp3) is 0.778. The Labute approximate surface area is 74.0 Å². The van der Waals surface area contributed by atoms with E-state index in [2.05, 4.69) is 0 Å². The van der Waals surface area contributed by atoms with Crippen LogP contribution in [0.1, 0.15) is 20.8 Å². The van der Waals surface area contributed by atoms with Crippen LogP contribution < -0.4 is 0 Å². The summed E-state index contributed by atoms with van der Waals surface area (Å²) in [6, 6.07) is 0. The molecule has 3 heteroatoms. The molecule has 0 aromatic carbocycles. The van der Waals surface area contributed by atoms with E-state index in [0.29, 0.717) is 13.2 Å². The molecule has 0 aromatic rings. The van der Waals surface area contributed by atoms with Gasteiger partial charge in [-0.05, 0) is 26.8 Å². The van der Waals surface area contributed by atoms with Crippen LogP contribution in [0.4, 0.5) is 0 Å². The van der Waals surface area contributed by atoms with Crippen LogP contribution >= 0.6 is 0 Å². The van der Waals surface area contributed by atoms with E-state index in [0.717, 1.165) is 0 Å². The molecule has 72 valence electrons. The summed E-state index contributed by atoms with van der Waals surface area (Å²) < 4.78 is 10.4. The smallest absolute Gasteiger partial charge is 0.176 e. The summed E-state index contributed by atoms with van der Waals surface area (Å²) in [5, 5.41) is 8.94. The summed E-state index contributed by atoms with van der Waals surface area (Å²) in [5.41, 5.74) is 0. The van der Waals surface area contributed by atoms with Crippen LogP contribution in [0.15, 0.2) is 12.2 Å². The first-order valence-corrected chi connectivity index (χ1v) is 4.30. The molecule has 0 heterocycles. The Morgan fingerprint density at radius 1 is 1.17 bits per heavy atom. The number of ether oxygens (including phenoxy) is 2. The minimum atomic E-state index is -0.451. The maximum Gasteiger partial charge on any atom is 0.176 e. The Morgan fingerprint density at radius 3 is 2.00 bits per heavy atom. The van der Waals surface area contributed by atoms with E-state index in [1.165, 1.54) is 0 Å². The van der Waals surface area contributed by atoms with Gasteiger partial charge in [-0.2, -0.15) is 0 Å². The molecule has 0 aliphatic heterocycles. The van der Waals surface area contributed by atoms with Crippen LogP contribution in [0.5, 0.6) is 0 Å². The van der Waals surface area contributed by atoms with Crippen molar-refractivity contribution in [1.29, 1.82) is 0 Å². The predicted octanol–water partition coefficient (Wildman–Crippen LogP) is 1.32. The molecule has 0 radical (unpaired) electrons. The second kappa shape index (κ2) is 7.28. The fourth-order valence-corrected chi connectivity index (χ4v) is 0.739. The summed E-state index contributed by atoms with van der Waals surface area (Å²) in [7, 11) is 0. The van der Waals surface area contributed by atoms with Gasteiger partial charge in [-0.15, -0.1) is 0 Å². The van der Waals surface area contributed by atoms with Crippen molar-refractivity contribution in [3.05, 3.63) is 12.2 Å². The lowest BCUT2D eigenvalue weighted by Gasteiger charge is -2.12. The van der Waals surface area contributed by atoms with Gasteiger partial charge in [-0.1, -0.05) is 6.08 Å². The number of aliphatic hydroxyl groups excluding tert-OH is 1. The van der Waals surface area contributed by atoms with Crippen LogP contribution in [0.3, 0.4) is 0 Å². The monoisotopic (exact) mass is 174 g/mol. The highest BCUT2D eigenvalue weighted by molar-refractivity contribution is 4.89. The van der Waals surface area contributed by atoms with Crippen LogP contribution in [-0.4, -0.2) is 30.7 Å². The Balaban J connectivity index is 3.76. The Bertz CT molecular complexity index is 115. The molecule has 0 amide bonds. The maximum atomic E-state index is 8.94. The van der Waals surface area contributed by atoms with Crippen molar-refractivity contribution in [1.82, 2.24) is 0 Å². The largest absolute Gasteiger partial charge is 0.389 e. The maximum absolute atomic E-state index is 8.94. The van der Waals surface area contributed by atoms with Crippen LogP contribution in [-0.2, 0) is 9.47 Å². The minimum Gasteiger partial charge on any atom is -0.389 e. The third-order valence-electron chi connectivity index (χ3n) is 1.21. The Hall–Kier alpha value is -0.380.